The molecule has 3 N–H and O–H groups in total. The Morgan fingerprint density at radius 3 is 2.43 bits per heavy atom. The van der Waals surface area contributed by atoms with E-state index in [0.717, 1.165) is 36.0 Å². The lowest BCUT2D eigenvalue weighted by atomic mass is 9.81. The quantitative estimate of drug-likeness (QED) is 0.833. The number of nitrogens with one attached hydrogen (secondary N) is 1. The van der Waals surface area contributed by atoms with E-state index < -0.39 is 11.6 Å². The highest BCUT2D eigenvalue weighted by Gasteiger charge is 2.36. The lowest BCUT2D eigenvalue weighted by molar-refractivity contribution is -0.127. The fourth-order valence-electron chi connectivity index (χ4n) is 3.67. The van der Waals surface area contributed by atoms with Gasteiger partial charge in [0.25, 0.3) is 0 Å². The third-order valence-electron chi connectivity index (χ3n) is 5.47. The van der Waals surface area contributed by atoms with Crippen molar-refractivity contribution in [3.8, 4) is 17.2 Å². The molecule has 0 bridgehead atoms. The number of carbonyl (C=O) groups is 1. The van der Waals surface area contributed by atoms with E-state index in [-0.39, 0.29) is 11.5 Å². The highest BCUT2D eigenvalue weighted by atomic mass is 16.2. The highest BCUT2D eigenvalue weighted by Crippen LogP contribution is 2.26. The van der Waals surface area contributed by atoms with Gasteiger partial charge in [-0.25, -0.2) is 0 Å². The number of pyridine rings is 1. The average molecular weight is 378 g/mol. The second-order valence-electron chi connectivity index (χ2n) is 7.64. The molecule has 0 spiro atoms. The fraction of sp³-hybridized carbons (Fsp3) is 0.409. The van der Waals surface area contributed by atoms with Crippen LogP contribution in [0.1, 0.15) is 37.7 Å². The van der Waals surface area contributed by atoms with E-state index in [9.17, 15) is 14.9 Å². The van der Waals surface area contributed by atoms with Gasteiger partial charge in [0.1, 0.15) is 6.04 Å². The molecule has 0 unspecified atom stereocenters. The molecule has 1 aromatic carbocycles. The molecular weight excluding hydrogens is 352 g/mol. The topological polar surface area (TPSA) is 101 Å². The third-order valence-corrected chi connectivity index (χ3v) is 5.47. The minimum Gasteiger partial charge on any atom is -0.338 e. The molecule has 1 amide bonds. The summed E-state index contributed by atoms with van der Waals surface area (Å²) < 4.78 is 1.54. The standard InChI is InChI=1S/C22H26N4O2/c1-26-15-18(9-10-20(26)27)17-7-5-16(6-8-17)13-19(14-23)25-21(28)22(24)11-3-2-4-12-22/h5-10,15,19H,2-4,11-13,24H2,1H3,(H,25,28)/t19-/m0/s1. The van der Waals surface area contributed by atoms with Gasteiger partial charge in [0.05, 0.1) is 11.6 Å². The van der Waals surface area contributed by atoms with Crippen LogP contribution >= 0.6 is 0 Å². The molecule has 1 aliphatic carbocycles. The zero-order valence-corrected chi connectivity index (χ0v) is 16.1. The van der Waals surface area contributed by atoms with E-state index in [1.165, 1.54) is 0 Å². The molecule has 1 aliphatic rings. The number of nitrogens with zero attached hydrogens (tertiary/aromatic N) is 2. The molecule has 1 saturated carbocycles. The van der Waals surface area contributed by atoms with Crippen molar-refractivity contribution in [1.82, 2.24) is 9.88 Å². The summed E-state index contributed by atoms with van der Waals surface area (Å²) >= 11 is 0. The summed E-state index contributed by atoms with van der Waals surface area (Å²) in [5.74, 6) is -0.222. The van der Waals surface area contributed by atoms with E-state index in [2.05, 4.69) is 11.4 Å². The lowest BCUT2D eigenvalue weighted by Crippen LogP contribution is -2.57. The molecule has 146 valence electrons. The Hall–Kier alpha value is -2.91. The van der Waals surface area contributed by atoms with E-state index in [1.54, 1.807) is 29.9 Å². The maximum atomic E-state index is 12.6. The van der Waals surface area contributed by atoms with Crippen molar-refractivity contribution in [2.45, 2.75) is 50.1 Å². The number of aryl methyl sites for hydroxylation is 1. The van der Waals surface area contributed by atoms with Crippen LogP contribution in [0.5, 0.6) is 0 Å². The number of amides is 1. The van der Waals surface area contributed by atoms with Gasteiger partial charge in [0, 0.05) is 25.7 Å². The van der Waals surface area contributed by atoms with Crippen LogP contribution in [-0.4, -0.2) is 22.1 Å². The first-order chi connectivity index (χ1) is 13.4. The first-order valence-electron chi connectivity index (χ1n) is 9.67. The zero-order chi connectivity index (χ0) is 20.1. The van der Waals surface area contributed by atoms with Gasteiger partial charge < -0.3 is 15.6 Å². The van der Waals surface area contributed by atoms with Crippen LogP contribution in [0, 0.1) is 11.3 Å². The van der Waals surface area contributed by atoms with Gasteiger partial charge in [-0.3, -0.25) is 9.59 Å². The highest BCUT2D eigenvalue weighted by molar-refractivity contribution is 5.86. The van der Waals surface area contributed by atoms with Crippen molar-refractivity contribution in [3.05, 3.63) is 58.5 Å². The van der Waals surface area contributed by atoms with Crippen molar-refractivity contribution < 1.29 is 4.79 Å². The van der Waals surface area contributed by atoms with Gasteiger partial charge in [-0.15, -0.1) is 0 Å². The Morgan fingerprint density at radius 2 is 1.82 bits per heavy atom. The van der Waals surface area contributed by atoms with Crippen LogP contribution < -0.4 is 16.6 Å². The molecule has 0 saturated heterocycles. The van der Waals surface area contributed by atoms with Crippen molar-refractivity contribution in [3.63, 3.8) is 0 Å². The predicted molar refractivity (Wildman–Crippen MR) is 108 cm³/mol. The smallest absolute Gasteiger partial charge is 0.250 e. The molecule has 1 aromatic heterocycles. The molecule has 6 heteroatoms. The minimum absolute atomic E-state index is 0.0522. The molecule has 28 heavy (non-hydrogen) atoms. The zero-order valence-electron chi connectivity index (χ0n) is 16.1. The van der Waals surface area contributed by atoms with Crippen molar-refractivity contribution in [2.24, 2.45) is 12.8 Å². The van der Waals surface area contributed by atoms with Gasteiger partial charge in [-0.2, -0.15) is 5.26 Å². The maximum Gasteiger partial charge on any atom is 0.250 e. The van der Waals surface area contributed by atoms with E-state index in [0.29, 0.717) is 19.3 Å². The van der Waals surface area contributed by atoms with Crippen LogP contribution in [0.15, 0.2) is 47.4 Å². The first kappa shape index (κ1) is 19.8. The monoisotopic (exact) mass is 378 g/mol. The summed E-state index contributed by atoms with van der Waals surface area (Å²) in [6.07, 6.45) is 6.57. The van der Waals surface area contributed by atoms with Gasteiger partial charge in [0.15, 0.2) is 0 Å². The van der Waals surface area contributed by atoms with Crippen molar-refractivity contribution in [2.75, 3.05) is 0 Å². The largest absolute Gasteiger partial charge is 0.338 e. The second kappa shape index (κ2) is 8.41. The Balaban J connectivity index is 1.66. The van der Waals surface area contributed by atoms with E-state index >= 15 is 0 Å². The average Bonchev–Trinajstić information content (AvgIpc) is 2.70. The molecule has 2 aromatic rings. The number of nitrogens with two attached hydrogens (primary N) is 1. The maximum absolute atomic E-state index is 12.6. The van der Waals surface area contributed by atoms with Crippen LogP contribution in [0.25, 0.3) is 11.1 Å². The summed E-state index contributed by atoms with van der Waals surface area (Å²) in [4.78, 5) is 24.1. The molecule has 3 rings (SSSR count). The number of hydrogen-bond acceptors (Lipinski definition) is 4. The van der Waals surface area contributed by atoms with Gasteiger partial charge in [0.2, 0.25) is 11.5 Å². The number of aromatic nitrogens is 1. The molecular formula is C22H26N4O2. The molecule has 1 heterocycles. The molecule has 1 fully saturated rings. The van der Waals surface area contributed by atoms with Gasteiger partial charge in [-0.05, 0) is 35.6 Å². The van der Waals surface area contributed by atoms with Crippen LogP contribution in [-0.2, 0) is 18.3 Å². The third kappa shape index (κ3) is 4.49. The van der Waals surface area contributed by atoms with E-state index in [4.69, 9.17) is 5.73 Å². The summed E-state index contributed by atoms with van der Waals surface area (Å²) in [7, 11) is 1.72. The minimum atomic E-state index is -0.847. The summed E-state index contributed by atoms with van der Waals surface area (Å²) in [5, 5.41) is 12.3. The van der Waals surface area contributed by atoms with Crippen LogP contribution in [0.3, 0.4) is 0 Å². The molecule has 1 atom stereocenters. The normalized spacial score (nSPS) is 16.8. The summed E-state index contributed by atoms with van der Waals surface area (Å²) in [6, 6.07) is 12.7. The molecule has 6 nitrogen and oxygen atoms in total. The number of carbonyl (C=O) groups excluding carboxylic acids is 1. The van der Waals surface area contributed by atoms with Crippen LogP contribution in [0.2, 0.25) is 0 Å². The second-order valence-corrected chi connectivity index (χ2v) is 7.64. The lowest BCUT2D eigenvalue weighted by Gasteiger charge is -2.32. The Bertz CT molecular complexity index is 934. The molecule has 0 radical (unpaired) electrons. The van der Waals surface area contributed by atoms with Gasteiger partial charge in [-0.1, -0.05) is 43.5 Å². The SMILES string of the molecule is Cn1cc(-c2ccc(C[C@@H](C#N)NC(=O)C3(N)CCCCC3)cc2)ccc1=O. The van der Waals surface area contributed by atoms with Crippen molar-refractivity contribution >= 4 is 5.91 Å². The van der Waals surface area contributed by atoms with Crippen LogP contribution in [0.4, 0.5) is 0 Å². The molecule has 0 aliphatic heterocycles. The number of nitriles is 1. The Labute approximate surface area is 165 Å². The Kier molecular flexibility index (Phi) is 5.96. The first-order valence-corrected chi connectivity index (χ1v) is 9.67. The number of benzene rings is 1. The van der Waals surface area contributed by atoms with Crippen molar-refractivity contribution in [1.29, 1.82) is 5.26 Å². The number of hydrogen-bond donors (Lipinski definition) is 2. The fourth-order valence-corrected chi connectivity index (χ4v) is 3.67. The van der Waals surface area contributed by atoms with Gasteiger partial charge >= 0.3 is 0 Å². The predicted octanol–water partition coefficient (Wildman–Crippen LogP) is 2.26. The number of rotatable bonds is 5. The van der Waals surface area contributed by atoms with E-state index in [1.807, 2.05) is 24.3 Å². The Morgan fingerprint density at radius 1 is 1.18 bits per heavy atom. The summed E-state index contributed by atoms with van der Waals surface area (Å²) in [5.41, 5.74) is 8.25. The summed E-state index contributed by atoms with van der Waals surface area (Å²) in [6.45, 7) is 0.